The molecule has 1 atom stereocenters. The van der Waals surface area contributed by atoms with E-state index in [2.05, 4.69) is 15.0 Å². The molecule has 1 aromatic heterocycles. The summed E-state index contributed by atoms with van der Waals surface area (Å²) in [5, 5.41) is 2.76. The van der Waals surface area contributed by atoms with Crippen LogP contribution in [0.1, 0.15) is 31.1 Å². The molecule has 0 saturated carbocycles. The second-order valence-corrected chi connectivity index (χ2v) is 7.21. The third-order valence-electron chi connectivity index (χ3n) is 4.15. The quantitative estimate of drug-likeness (QED) is 0.750. The molecule has 1 unspecified atom stereocenters. The maximum atomic E-state index is 12.5. The zero-order valence-electron chi connectivity index (χ0n) is 15.2. The monoisotopic (exact) mass is 362 g/mol. The highest BCUT2D eigenvalue weighted by Gasteiger charge is 2.40. The van der Waals surface area contributed by atoms with Gasteiger partial charge in [-0.1, -0.05) is 0 Å². The Morgan fingerprint density at radius 1 is 1.31 bits per heavy atom. The lowest BCUT2D eigenvalue weighted by Crippen LogP contribution is -2.61. The van der Waals surface area contributed by atoms with E-state index in [9.17, 15) is 14.4 Å². The molecule has 140 valence electrons. The number of hydrogen-bond donors (Lipinski definition) is 1. The number of anilines is 2. The number of carbonyl (C=O) groups excluding carboxylic acids is 3. The van der Waals surface area contributed by atoms with Crippen LogP contribution in [0, 0.1) is 0 Å². The molecule has 2 aliphatic heterocycles. The molecule has 1 N–H and O–H groups in total. The number of methoxy groups -OCH3 is 1. The first-order valence-electron chi connectivity index (χ1n) is 8.33. The van der Waals surface area contributed by atoms with Crippen molar-refractivity contribution in [2.24, 2.45) is 0 Å². The zero-order chi connectivity index (χ0) is 19.1. The van der Waals surface area contributed by atoms with Crippen molar-refractivity contribution >= 4 is 29.5 Å². The van der Waals surface area contributed by atoms with Gasteiger partial charge in [0.1, 0.15) is 11.6 Å². The summed E-state index contributed by atoms with van der Waals surface area (Å²) in [6.45, 7) is 6.46. The molecule has 26 heavy (non-hydrogen) atoms. The maximum absolute atomic E-state index is 12.5. The topological polar surface area (TPSA) is 101 Å². The fraction of sp³-hybridized carbons (Fsp3) is 0.529. The number of rotatable bonds is 1. The molecular weight excluding hydrogens is 340 g/mol. The van der Waals surface area contributed by atoms with E-state index in [4.69, 9.17) is 4.74 Å². The van der Waals surface area contributed by atoms with E-state index in [0.717, 1.165) is 0 Å². The molecule has 9 heteroatoms. The number of pyridine rings is 1. The van der Waals surface area contributed by atoms with E-state index in [-0.39, 0.29) is 18.0 Å². The Bertz CT molecular complexity index is 758. The van der Waals surface area contributed by atoms with Gasteiger partial charge in [0.15, 0.2) is 5.82 Å². The smallest absolute Gasteiger partial charge is 0.410 e. The van der Waals surface area contributed by atoms with Crippen LogP contribution in [0.4, 0.5) is 16.3 Å². The minimum absolute atomic E-state index is 0.209. The summed E-state index contributed by atoms with van der Waals surface area (Å²) in [5.74, 6) is -0.202. The van der Waals surface area contributed by atoms with Crippen molar-refractivity contribution in [3.63, 3.8) is 0 Å². The standard InChI is InChI=1S/C17H22N4O5/c1-17(2,3)26-16(24)20-5-6-21-12(9-20)14(22)19-11-7-10(15(23)25-4)8-18-13(11)21/h7-8,12H,5-6,9H2,1-4H3,(H,19,22). The Hall–Kier alpha value is -2.84. The van der Waals surface area contributed by atoms with Crippen LogP contribution in [-0.2, 0) is 14.3 Å². The lowest BCUT2D eigenvalue weighted by atomic mass is 10.1. The van der Waals surface area contributed by atoms with Gasteiger partial charge in [-0.15, -0.1) is 0 Å². The van der Waals surface area contributed by atoms with E-state index in [0.29, 0.717) is 24.6 Å². The highest BCUT2D eigenvalue weighted by molar-refractivity contribution is 6.04. The first-order valence-corrected chi connectivity index (χ1v) is 8.33. The number of nitrogens with one attached hydrogen (secondary N) is 1. The molecule has 1 saturated heterocycles. The van der Waals surface area contributed by atoms with Crippen LogP contribution in [0.2, 0.25) is 0 Å². The molecule has 0 spiro atoms. The number of hydrogen-bond acceptors (Lipinski definition) is 7. The number of amides is 2. The van der Waals surface area contributed by atoms with E-state index in [1.807, 2.05) is 4.90 Å². The zero-order valence-corrected chi connectivity index (χ0v) is 15.2. The van der Waals surface area contributed by atoms with Crippen LogP contribution in [0.25, 0.3) is 0 Å². The Labute approximate surface area is 151 Å². The third kappa shape index (κ3) is 3.42. The van der Waals surface area contributed by atoms with E-state index >= 15 is 0 Å². The first kappa shape index (κ1) is 18.0. The molecule has 0 aliphatic carbocycles. The Balaban J connectivity index is 1.80. The van der Waals surface area contributed by atoms with E-state index in [1.54, 1.807) is 26.8 Å². The number of piperazine rings is 1. The van der Waals surface area contributed by atoms with Crippen LogP contribution in [-0.4, -0.2) is 66.2 Å². The van der Waals surface area contributed by atoms with Crippen LogP contribution in [0.5, 0.6) is 0 Å². The predicted molar refractivity (Wildman–Crippen MR) is 93.1 cm³/mol. The van der Waals surface area contributed by atoms with Gasteiger partial charge in [-0.05, 0) is 26.8 Å². The maximum Gasteiger partial charge on any atom is 0.410 e. The molecule has 0 radical (unpaired) electrons. The molecular formula is C17H22N4O5. The van der Waals surface area contributed by atoms with Crippen molar-refractivity contribution in [2.75, 3.05) is 37.0 Å². The van der Waals surface area contributed by atoms with Crippen LogP contribution in [0.15, 0.2) is 12.3 Å². The van der Waals surface area contributed by atoms with Gasteiger partial charge >= 0.3 is 12.1 Å². The van der Waals surface area contributed by atoms with E-state index in [1.165, 1.54) is 18.2 Å². The van der Waals surface area contributed by atoms with Crippen LogP contribution < -0.4 is 10.2 Å². The number of fused-ring (bicyclic) bond motifs is 3. The number of nitrogens with zero attached hydrogens (tertiary/aromatic N) is 3. The molecule has 2 aliphatic rings. The lowest BCUT2D eigenvalue weighted by Gasteiger charge is -2.44. The minimum atomic E-state index is -0.596. The summed E-state index contributed by atoms with van der Waals surface area (Å²) in [5.41, 5.74) is 0.124. The van der Waals surface area contributed by atoms with Gasteiger partial charge in [0.25, 0.3) is 0 Å². The van der Waals surface area contributed by atoms with Crippen molar-refractivity contribution in [1.29, 1.82) is 0 Å². The SMILES string of the molecule is COC(=O)c1cnc2c(c1)NC(=O)C1CN(C(=O)OC(C)(C)C)CCN21. The Morgan fingerprint density at radius 3 is 2.69 bits per heavy atom. The number of esters is 1. The molecule has 1 aromatic rings. The second-order valence-electron chi connectivity index (χ2n) is 7.21. The van der Waals surface area contributed by atoms with Crippen LogP contribution in [0.3, 0.4) is 0 Å². The molecule has 1 fully saturated rings. The second kappa shape index (κ2) is 6.47. The molecule has 3 rings (SSSR count). The summed E-state index contributed by atoms with van der Waals surface area (Å²) < 4.78 is 10.1. The average molecular weight is 362 g/mol. The van der Waals surface area contributed by atoms with Gasteiger partial charge < -0.3 is 24.6 Å². The Kier molecular flexibility index (Phi) is 4.47. The molecule has 3 heterocycles. The first-order chi connectivity index (χ1) is 12.2. The molecule has 0 bridgehead atoms. The summed E-state index contributed by atoms with van der Waals surface area (Å²) in [4.78, 5) is 44.1. The number of carbonyl (C=O) groups is 3. The van der Waals surface area contributed by atoms with Gasteiger partial charge in [-0.2, -0.15) is 0 Å². The largest absolute Gasteiger partial charge is 0.465 e. The summed E-state index contributed by atoms with van der Waals surface area (Å²) in [6, 6.07) is 0.989. The van der Waals surface area contributed by atoms with Crippen LogP contribution >= 0.6 is 0 Å². The highest BCUT2D eigenvalue weighted by Crippen LogP contribution is 2.32. The van der Waals surface area contributed by atoms with Gasteiger partial charge in [-0.25, -0.2) is 14.6 Å². The summed E-state index contributed by atoms with van der Waals surface area (Å²) in [7, 11) is 1.28. The van der Waals surface area contributed by atoms with Gasteiger partial charge in [0, 0.05) is 19.3 Å². The predicted octanol–water partition coefficient (Wildman–Crippen LogP) is 1.25. The van der Waals surface area contributed by atoms with Crippen molar-refractivity contribution in [3.8, 4) is 0 Å². The fourth-order valence-corrected chi connectivity index (χ4v) is 2.98. The number of ether oxygens (including phenoxy) is 2. The van der Waals surface area contributed by atoms with Gasteiger partial charge in [0.05, 0.1) is 24.9 Å². The molecule has 9 nitrogen and oxygen atoms in total. The molecule has 2 amide bonds. The highest BCUT2D eigenvalue weighted by atomic mass is 16.6. The van der Waals surface area contributed by atoms with E-state index < -0.39 is 23.7 Å². The van der Waals surface area contributed by atoms with Crippen molar-refractivity contribution < 1.29 is 23.9 Å². The summed E-state index contributed by atoms with van der Waals surface area (Å²) in [6.07, 6.45) is 0.976. The molecule has 0 aromatic carbocycles. The van der Waals surface area contributed by atoms with Crippen molar-refractivity contribution in [2.45, 2.75) is 32.4 Å². The van der Waals surface area contributed by atoms with Crippen molar-refractivity contribution in [3.05, 3.63) is 17.8 Å². The van der Waals surface area contributed by atoms with Gasteiger partial charge in [0.2, 0.25) is 5.91 Å². The fourth-order valence-electron chi connectivity index (χ4n) is 2.98. The average Bonchev–Trinajstić information content (AvgIpc) is 2.59. The third-order valence-corrected chi connectivity index (χ3v) is 4.15. The minimum Gasteiger partial charge on any atom is -0.465 e. The summed E-state index contributed by atoms with van der Waals surface area (Å²) >= 11 is 0. The van der Waals surface area contributed by atoms with Gasteiger partial charge in [-0.3, -0.25) is 4.79 Å². The number of aromatic nitrogens is 1. The Morgan fingerprint density at radius 2 is 2.04 bits per heavy atom. The lowest BCUT2D eigenvalue weighted by molar-refractivity contribution is -0.118. The normalized spacial score (nSPS) is 19.2. The van der Waals surface area contributed by atoms with Crippen molar-refractivity contribution in [1.82, 2.24) is 9.88 Å².